The molecule has 6 nitrogen and oxygen atoms in total. The standard InChI is InChI=1S/C12H19NO5/c13-6-7-8-9(10(16-7)11(14)15)18-12(17-8)4-2-1-3-5-12/h7-10H,1-6,13H2,(H,14,15)/t7?,8-,9-,10?/m1/s1. The van der Waals surface area contributed by atoms with Crippen molar-refractivity contribution in [2.24, 2.45) is 5.73 Å². The summed E-state index contributed by atoms with van der Waals surface area (Å²) in [7, 11) is 0. The van der Waals surface area contributed by atoms with Gasteiger partial charge in [-0.3, -0.25) is 0 Å². The molecule has 2 aliphatic heterocycles. The summed E-state index contributed by atoms with van der Waals surface area (Å²) in [5, 5.41) is 9.16. The fraction of sp³-hybridized carbons (Fsp3) is 0.917. The second kappa shape index (κ2) is 4.45. The molecule has 102 valence electrons. The van der Waals surface area contributed by atoms with Gasteiger partial charge in [0.2, 0.25) is 0 Å². The van der Waals surface area contributed by atoms with Gasteiger partial charge in [0.25, 0.3) is 0 Å². The van der Waals surface area contributed by atoms with E-state index in [2.05, 4.69) is 0 Å². The molecular formula is C12H19NO5. The number of hydrogen-bond donors (Lipinski definition) is 2. The molecule has 3 rings (SSSR count). The molecule has 2 unspecified atom stereocenters. The smallest absolute Gasteiger partial charge is 0.335 e. The van der Waals surface area contributed by atoms with E-state index in [1.54, 1.807) is 0 Å². The van der Waals surface area contributed by atoms with Crippen LogP contribution in [0.2, 0.25) is 0 Å². The first kappa shape index (κ1) is 12.3. The van der Waals surface area contributed by atoms with Crippen molar-refractivity contribution < 1.29 is 24.1 Å². The molecule has 0 bridgehead atoms. The largest absolute Gasteiger partial charge is 0.479 e. The molecular weight excluding hydrogens is 238 g/mol. The molecule has 1 aliphatic carbocycles. The highest BCUT2D eigenvalue weighted by atomic mass is 16.8. The molecule has 0 radical (unpaired) electrons. The Morgan fingerprint density at radius 2 is 1.89 bits per heavy atom. The second-order valence-corrected chi connectivity index (χ2v) is 5.31. The van der Waals surface area contributed by atoms with Crippen molar-refractivity contribution in [1.82, 2.24) is 0 Å². The van der Waals surface area contributed by atoms with Crippen LogP contribution >= 0.6 is 0 Å². The molecule has 6 heteroatoms. The van der Waals surface area contributed by atoms with E-state index in [1.807, 2.05) is 0 Å². The van der Waals surface area contributed by atoms with Crippen molar-refractivity contribution in [3.05, 3.63) is 0 Å². The van der Waals surface area contributed by atoms with E-state index >= 15 is 0 Å². The Morgan fingerprint density at radius 1 is 1.22 bits per heavy atom. The number of aliphatic carboxylic acids is 1. The predicted octanol–water partition coefficient (Wildman–Crippen LogP) is 0.241. The fourth-order valence-electron chi connectivity index (χ4n) is 3.24. The van der Waals surface area contributed by atoms with Crippen molar-refractivity contribution >= 4 is 5.97 Å². The lowest BCUT2D eigenvalue weighted by molar-refractivity contribution is -0.224. The van der Waals surface area contributed by atoms with Gasteiger partial charge in [0, 0.05) is 19.4 Å². The molecule has 4 atom stereocenters. The molecule has 3 aliphatic rings. The third kappa shape index (κ3) is 1.84. The van der Waals surface area contributed by atoms with Crippen molar-refractivity contribution in [3.63, 3.8) is 0 Å². The van der Waals surface area contributed by atoms with Crippen LogP contribution in [0.4, 0.5) is 0 Å². The SMILES string of the molecule is NCC1OC(C(=O)O)[C@@H]2OC3(CCCCC3)O[C@H]12. The maximum absolute atomic E-state index is 11.2. The van der Waals surface area contributed by atoms with Crippen LogP contribution in [0.25, 0.3) is 0 Å². The normalized spacial score (nSPS) is 42.1. The lowest BCUT2D eigenvalue weighted by Crippen LogP contribution is -2.39. The van der Waals surface area contributed by atoms with Gasteiger partial charge in [-0.05, 0) is 12.8 Å². The van der Waals surface area contributed by atoms with Gasteiger partial charge in [0.1, 0.15) is 12.2 Å². The summed E-state index contributed by atoms with van der Waals surface area (Å²) in [6, 6.07) is 0. The number of ether oxygens (including phenoxy) is 3. The predicted molar refractivity (Wildman–Crippen MR) is 60.9 cm³/mol. The van der Waals surface area contributed by atoms with Crippen LogP contribution in [0, 0.1) is 0 Å². The van der Waals surface area contributed by atoms with Crippen LogP contribution in [0.15, 0.2) is 0 Å². The maximum Gasteiger partial charge on any atom is 0.335 e. The Labute approximate surface area is 105 Å². The van der Waals surface area contributed by atoms with E-state index in [-0.39, 0.29) is 18.8 Å². The molecule has 0 aromatic rings. The van der Waals surface area contributed by atoms with Gasteiger partial charge in [0.05, 0.1) is 6.10 Å². The summed E-state index contributed by atoms with van der Waals surface area (Å²) in [5.74, 6) is -1.59. The van der Waals surface area contributed by atoms with Crippen LogP contribution in [-0.4, -0.2) is 47.8 Å². The molecule has 1 spiro atoms. The Balaban J connectivity index is 1.80. The minimum absolute atomic E-state index is 0.254. The first-order valence-electron chi connectivity index (χ1n) is 6.59. The highest BCUT2D eigenvalue weighted by Crippen LogP contribution is 2.45. The molecule has 2 heterocycles. The summed E-state index contributed by atoms with van der Waals surface area (Å²) in [5.41, 5.74) is 5.62. The number of carboxylic acid groups (broad SMARTS) is 1. The van der Waals surface area contributed by atoms with E-state index in [0.717, 1.165) is 25.7 Å². The summed E-state index contributed by atoms with van der Waals surface area (Å²) in [6.07, 6.45) is 2.79. The van der Waals surface area contributed by atoms with Gasteiger partial charge in [-0.25, -0.2) is 4.79 Å². The molecule has 3 N–H and O–H groups in total. The zero-order valence-electron chi connectivity index (χ0n) is 10.2. The fourth-order valence-corrected chi connectivity index (χ4v) is 3.24. The van der Waals surface area contributed by atoms with Gasteiger partial charge >= 0.3 is 5.97 Å². The number of hydrogen-bond acceptors (Lipinski definition) is 5. The Morgan fingerprint density at radius 3 is 2.50 bits per heavy atom. The molecule has 0 amide bonds. The van der Waals surface area contributed by atoms with Gasteiger partial charge in [-0.1, -0.05) is 6.42 Å². The zero-order valence-corrected chi connectivity index (χ0v) is 10.2. The summed E-state index contributed by atoms with van der Waals surface area (Å²) in [6.45, 7) is 0.254. The topological polar surface area (TPSA) is 91.0 Å². The van der Waals surface area contributed by atoms with Gasteiger partial charge in [0.15, 0.2) is 11.9 Å². The highest BCUT2D eigenvalue weighted by Gasteiger charge is 2.59. The molecule has 0 aromatic heterocycles. The number of fused-ring (bicyclic) bond motifs is 1. The molecule has 18 heavy (non-hydrogen) atoms. The number of nitrogens with two attached hydrogens (primary N) is 1. The average molecular weight is 257 g/mol. The van der Waals surface area contributed by atoms with Crippen LogP contribution in [0.3, 0.4) is 0 Å². The van der Waals surface area contributed by atoms with Gasteiger partial charge < -0.3 is 25.1 Å². The number of rotatable bonds is 2. The van der Waals surface area contributed by atoms with Crippen LogP contribution in [-0.2, 0) is 19.0 Å². The van der Waals surface area contributed by atoms with Crippen molar-refractivity contribution in [2.45, 2.75) is 62.3 Å². The van der Waals surface area contributed by atoms with E-state index in [4.69, 9.17) is 25.1 Å². The third-order valence-electron chi connectivity index (χ3n) is 4.10. The summed E-state index contributed by atoms with van der Waals surface area (Å²) < 4.78 is 17.3. The monoisotopic (exact) mass is 257 g/mol. The van der Waals surface area contributed by atoms with Crippen molar-refractivity contribution in [2.75, 3.05) is 6.54 Å². The Kier molecular flexibility index (Phi) is 3.05. The zero-order chi connectivity index (χ0) is 12.8. The van der Waals surface area contributed by atoms with Gasteiger partial charge in [-0.15, -0.1) is 0 Å². The number of carboxylic acids is 1. The molecule has 3 fully saturated rings. The summed E-state index contributed by atoms with van der Waals surface area (Å²) >= 11 is 0. The van der Waals surface area contributed by atoms with Crippen LogP contribution < -0.4 is 5.73 Å². The lowest BCUT2D eigenvalue weighted by Gasteiger charge is -2.33. The van der Waals surface area contributed by atoms with Crippen LogP contribution in [0.1, 0.15) is 32.1 Å². The van der Waals surface area contributed by atoms with Gasteiger partial charge in [-0.2, -0.15) is 0 Å². The first-order chi connectivity index (χ1) is 8.65. The molecule has 0 aromatic carbocycles. The van der Waals surface area contributed by atoms with Crippen molar-refractivity contribution in [3.8, 4) is 0 Å². The molecule has 1 saturated carbocycles. The first-order valence-corrected chi connectivity index (χ1v) is 6.59. The average Bonchev–Trinajstić information content (AvgIpc) is 2.85. The second-order valence-electron chi connectivity index (χ2n) is 5.31. The minimum Gasteiger partial charge on any atom is -0.479 e. The van der Waals surface area contributed by atoms with E-state index < -0.39 is 24.0 Å². The van der Waals surface area contributed by atoms with Crippen molar-refractivity contribution in [1.29, 1.82) is 0 Å². The minimum atomic E-state index is -1.00. The Bertz CT molecular complexity index is 341. The van der Waals surface area contributed by atoms with Crippen LogP contribution in [0.5, 0.6) is 0 Å². The van der Waals surface area contributed by atoms with E-state index in [9.17, 15) is 4.79 Å². The van der Waals surface area contributed by atoms with E-state index in [0.29, 0.717) is 0 Å². The quantitative estimate of drug-likeness (QED) is 0.736. The maximum atomic E-state index is 11.2. The summed E-state index contributed by atoms with van der Waals surface area (Å²) in [4.78, 5) is 11.2. The molecule has 2 saturated heterocycles. The third-order valence-corrected chi connectivity index (χ3v) is 4.10. The van der Waals surface area contributed by atoms with E-state index in [1.165, 1.54) is 6.42 Å². The number of carbonyl (C=O) groups is 1. The lowest BCUT2D eigenvalue weighted by atomic mass is 9.94. The Hall–Kier alpha value is -0.690. The highest BCUT2D eigenvalue weighted by molar-refractivity contribution is 5.74.